The molecule has 1 saturated carbocycles. The summed E-state index contributed by atoms with van der Waals surface area (Å²) in [5.41, 5.74) is 6.44. The predicted octanol–water partition coefficient (Wildman–Crippen LogP) is 4.08. The molecule has 1 aromatic carbocycles. The quantitative estimate of drug-likeness (QED) is 0.881. The zero-order chi connectivity index (χ0) is 15.7. The van der Waals surface area contributed by atoms with Gasteiger partial charge >= 0.3 is 0 Å². The van der Waals surface area contributed by atoms with E-state index in [1.807, 2.05) is 37.3 Å². The number of aliphatic hydroxyl groups is 1. The van der Waals surface area contributed by atoms with Crippen molar-refractivity contribution >= 4 is 0 Å². The number of benzene rings is 1. The Balaban J connectivity index is 2.24. The largest absolute Gasteiger partial charge is 0.385 e. The van der Waals surface area contributed by atoms with E-state index in [0.717, 1.165) is 37.2 Å². The van der Waals surface area contributed by atoms with Crippen molar-refractivity contribution < 1.29 is 5.11 Å². The maximum absolute atomic E-state index is 11.3. The molecular weight excluding hydrogens is 258 g/mol. The van der Waals surface area contributed by atoms with Crippen LogP contribution in [-0.4, -0.2) is 11.7 Å². The van der Waals surface area contributed by atoms with Gasteiger partial charge in [0, 0.05) is 12.0 Å². The first kappa shape index (κ1) is 16.5. The third kappa shape index (κ3) is 3.02. The lowest BCUT2D eigenvalue weighted by atomic mass is 9.57. The van der Waals surface area contributed by atoms with Crippen LogP contribution in [0.1, 0.15) is 58.9 Å². The highest BCUT2D eigenvalue weighted by molar-refractivity contribution is 5.25. The minimum atomic E-state index is -0.855. The summed E-state index contributed by atoms with van der Waals surface area (Å²) in [5.74, 6) is 0.726. The third-order valence-electron chi connectivity index (χ3n) is 5.93. The van der Waals surface area contributed by atoms with E-state index < -0.39 is 5.60 Å². The molecule has 0 heterocycles. The van der Waals surface area contributed by atoms with E-state index in [4.69, 9.17) is 5.73 Å². The van der Waals surface area contributed by atoms with Crippen LogP contribution in [0.4, 0.5) is 0 Å². The fourth-order valence-electron chi connectivity index (χ4n) is 3.99. The summed E-state index contributed by atoms with van der Waals surface area (Å²) in [6, 6.07) is 10.0. The SMILES string of the molecule is CC(C)(C)C1CCC(CN)(C(C)(O)c2ccccc2)CC1. The Hall–Kier alpha value is -0.860. The van der Waals surface area contributed by atoms with Crippen LogP contribution in [0.2, 0.25) is 0 Å². The number of hydrogen-bond acceptors (Lipinski definition) is 2. The Morgan fingerprint density at radius 2 is 1.62 bits per heavy atom. The van der Waals surface area contributed by atoms with Crippen molar-refractivity contribution in [1.29, 1.82) is 0 Å². The molecule has 1 aliphatic carbocycles. The van der Waals surface area contributed by atoms with Crippen LogP contribution in [0.15, 0.2) is 30.3 Å². The monoisotopic (exact) mass is 289 g/mol. The number of rotatable bonds is 3. The first-order valence-electron chi connectivity index (χ1n) is 8.21. The van der Waals surface area contributed by atoms with Crippen LogP contribution in [0, 0.1) is 16.7 Å². The fraction of sp³-hybridized carbons (Fsp3) is 0.684. The van der Waals surface area contributed by atoms with E-state index in [2.05, 4.69) is 20.8 Å². The molecule has 0 bridgehead atoms. The Bertz CT molecular complexity index is 450. The molecule has 118 valence electrons. The van der Waals surface area contributed by atoms with E-state index in [0.29, 0.717) is 12.0 Å². The van der Waals surface area contributed by atoms with E-state index in [9.17, 15) is 5.11 Å². The third-order valence-corrected chi connectivity index (χ3v) is 5.93. The van der Waals surface area contributed by atoms with Crippen LogP contribution in [-0.2, 0) is 5.60 Å². The molecule has 0 spiro atoms. The molecular formula is C19H31NO. The summed E-state index contributed by atoms with van der Waals surface area (Å²) in [7, 11) is 0. The molecule has 3 N–H and O–H groups in total. The second-order valence-corrected chi connectivity index (χ2v) is 8.06. The minimum Gasteiger partial charge on any atom is -0.385 e. The molecule has 0 amide bonds. The van der Waals surface area contributed by atoms with E-state index in [1.165, 1.54) is 0 Å². The first-order chi connectivity index (χ1) is 9.73. The van der Waals surface area contributed by atoms with Crippen molar-refractivity contribution in [2.45, 2.75) is 59.0 Å². The van der Waals surface area contributed by atoms with Gasteiger partial charge in [0.1, 0.15) is 0 Å². The van der Waals surface area contributed by atoms with Gasteiger partial charge in [0.05, 0.1) is 5.60 Å². The molecule has 0 radical (unpaired) electrons. The van der Waals surface area contributed by atoms with Gasteiger partial charge in [-0.25, -0.2) is 0 Å². The normalized spacial score (nSPS) is 29.9. The Kier molecular flexibility index (Phi) is 4.51. The maximum atomic E-state index is 11.3. The molecule has 1 aliphatic rings. The smallest absolute Gasteiger partial charge is 0.0936 e. The van der Waals surface area contributed by atoms with Gasteiger partial charge in [0.25, 0.3) is 0 Å². The highest BCUT2D eigenvalue weighted by Crippen LogP contribution is 2.53. The molecule has 0 aliphatic heterocycles. The van der Waals surface area contributed by atoms with Crippen molar-refractivity contribution in [3.63, 3.8) is 0 Å². The van der Waals surface area contributed by atoms with Crippen LogP contribution in [0.5, 0.6) is 0 Å². The lowest BCUT2D eigenvalue weighted by Gasteiger charge is -2.51. The van der Waals surface area contributed by atoms with Crippen molar-refractivity contribution in [3.8, 4) is 0 Å². The van der Waals surface area contributed by atoms with Gasteiger partial charge in [-0.05, 0) is 49.5 Å². The predicted molar refractivity (Wildman–Crippen MR) is 88.9 cm³/mol. The Morgan fingerprint density at radius 1 is 1.10 bits per heavy atom. The summed E-state index contributed by atoms with van der Waals surface area (Å²) in [6.07, 6.45) is 4.33. The van der Waals surface area contributed by atoms with Crippen LogP contribution < -0.4 is 5.73 Å². The van der Waals surface area contributed by atoms with Crippen molar-refractivity contribution in [2.75, 3.05) is 6.54 Å². The van der Waals surface area contributed by atoms with Gasteiger partial charge in [-0.3, -0.25) is 0 Å². The van der Waals surface area contributed by atoms with Crippen LogP contribution in [0.25, 0.3) is 0 Å². The summed E-state index contributed by atoms with van der Waals surface area (Å²) in [4.78, 5) is 0. The lowest BCUT2D eigenvalue weighted by Crippen LogP contribution is -2.51. The van der Waals surface area contributed by atoms with Crippen LogP contribution in [0.3, 0.4) is 0 Å². The topological polar surface area (TPSA) is 46.2 Å². The zero-order valence-electron chi connectivity index (χ0n) is 14.0. The minimum absolute atomic E-state index is 0.198. The Labute approximate surface area is 129 Å². The molecule has 1 fully saturated rings. The molecule has 2 nitrogen and oxygen atoms in total. The van der Waals surface area contributed by atoms with Gasteiger partial charge in [-0.2, -0.15) is 0 Å². The molecule has 1 aromatic rings. The Morgan fingerprint density at radius 3 is 2.05 bits per heavy atom. The number of hydrogen-bond donors (Lipinski definition) is 2. The average molecular weight is 289 g/mol. The van der Waals surface area contributed by atoms with Crippen LogP contribution >= 0.6 is 0 Å². The lowest BCUT2D eigenvalue weighted by molar-refractivity contribution is -0.104. The molecule has 0 aromatic heterocycles. The number of nitrogens with two attached hydrogens (primary N) is 1. The molecule has 2 rings (SSSR count). The van der Waals surface area contributed by atoms with E-state index in [1.54, 1.807) is 0 Å². The van der Waals surface area contributed by atoms with Crippen molar-refractivity contribution in [2.24, 2.45) is 22.5 Å². The summed E-state index contributed by atoms with van der Waals surface area (Å²) in [6.45, 7) is 9.46. The second kappa shape index (κ2) is 5.73. The second-order valence-electron chi connectivity index (χ2n) is 8.06. The van der Waals surface area contributed by atoms with Gasteiger partial charge in [-0.1, -0.05) is 51.1 Å². The molecule has 1 unspecified atom stereocenters. The molecule has 1 atom stereocenters. The summed E-state index contributed by atoms with van der Waals surface area (Å²) >= 11 is 0. The standard InChI is InChI=1S/C19H31NO/c1-17(2,3)15-10-12-19(14-20,13-11-15)18(4,21)16-8-6-5-7-9-16/h5-9,15,21H,10-14,20H2,1-4H3. The highest BCUT2D eigenvalue weighted by atomic mass is 16.3. The van der Waals surface area contributed by atoms with Gasteiger partial charge < -0.3 is 10.8 Å². The summed E-state index contributed by atoms with van der Waals surface area (Å²) in [5, 5.41) is 11.3. The van der Waals surface area contributed by atoms with Crippen molar-refractivity contribution in [1.82, 2.24) is 0 Å². The van der Waals surface area contributed by atoms with Gasteiger partial charge in [0.2, 0.25) is 0 Å². The zero-order valence-corrected chi connectivity index (χ0v) is 14.0. The van der Waals surface area contributed by atoms with E-state index >= 15 is 0 Å². The fourth-order valence-corrected chi connectivity index (χ4v) is 3.99. The molecule has 21 heavy (non-hydrogen) atoms. The maximum Gasteiger partial charge on any atom is 0.0936 e. The van der Waals surface area contributed by atoms with E-state index in [-0.39, 0.29) is 5.41 Å². The van der Waals surface area contributed by atoms with Crippen molar-refractivity contribution in [3.05, 3.63) is 35.9 Å². The van der Waals surface area contributed by atoms with Gasteiger partial charge in [-0.15, -0.1) is 0 Å². The highest BCUT2D eigenvalue weighted by Gasteiger charge is 2.49. The molecule has 0 saturated heterocycles. The summed E-state index contributed by atoms with van der Waals surface area (Å²) < 4.78 is 0. The first-order valence-corrected chi connectivity index (χ1v) is 8.21. The van der Waals surface area contributed by atoms with Gasteiger partial charge in [0.15, 0.2) is 0 Å². The average Bonchev–Trinajstić information content (AvgIpc) is 2.47. The molecule has 2 heteroatoms.